The predicted molar refractivity (Wildman–Crippen MR) is 95.8 cm³/mol. The first-order valence-corrected chi connectivity index (χ1v) is 8.18. The van der Waals surface area contributed by atoms with Crippen molar-refractivity contribution >= 4 is 28.6 Å². The van der Waals surface area contributed by atoms with E-state index in [1.54, 1.807) is 13.0 Å². The average molecular weight is 344 g/mol. The van der Waals surface area contributed by atoms with Gasteiger partial charge in [0.25, 0.3) is 5.91 Å². The van der Waals surface area contributed by atoms with Crippen molar-refractivity contribution in [2.75, 3.05) is 6.54 Å². The molecule has 1 aromatic carbocycles. The molecule has 5 N–H and O–H groups in total. The lowest BCUT2D eigenvalue weighted by Crippen LogP contribution is -2.58. The molecule has 0 bridgehead atoms. The molecule has 7 heteroatoms. The van der Waals surface area contributed by atoms with E-state index in [2.05, 4.69) is 15.6 Å². The zero-order valence-corrected chi connectivity index (χ0v) is 14.7. The predicted octanol–water partition coefficient (Wildman–Crippen LogP) is 1.30. The molecule has 3 amide bonds. The third kappa shape index (κ3) is 4.59. The third-order valence-electron chi connectivity index (χ3n) is 3.90. The molecule has 1 aromatic heterocycles. The van der Waals surface area contributed by atoms with Crippen molar-refractivity contribution in [2.24, 2.45) is 11.7 Å². The highest BCUT2D eigenvalue weighted by Crippen LogP contribution is 2.19. The van der Waals surface area contributed by atoms with E-state index in [1.165, 1.54) is 0 Å². The molecular weight excluding hydrogens is 320 g/mol. The summed E-state index contributed by atoms with van der Waals surface area (Å²) >= 11 is 0. The van der Waals surface area contributed by atoms with Crippen molar-refractivity contribution in [3.05, 3.63) is 36.0 Å². The molecule has 0 unspecified atom stereocenters. The highest BCUT2D eigenvalue weighted by Gasteiger charge is 2.36. The van der Waals surface area contributed by atoms with Crippen LogP contribution in [0.4, 0.5) is 0 Å². The number of para-hydroxylation sites is 1. The second-order valence-corrected chi connectivity index (χ2v) is 6.80. The van der Waals surface area contributed by atoms with Crippen molar-refractivity contribution in [3.63, 3.8) is 0 Å². The minimum atomic E-state index is -1.15. The first-order valence-electron chi connectivity index (χ1n) is 8.18. The lowest BCUT2D eigenvalue weighted by atomic mass is 9.89. The van der Waals surface area contributed by atoms with Crippen molar-refractivity contribution < 1.29 is 14.4 Å². The molecule has 2 aromatic rings. The van der Waals surface area contributed by atoms with Crippen LogP contribution in [0.15, 0.2) is 30.3 Å². The largest absolute Gasteiger partial charge is 0.368 e. The Morgan fingerprint density at radius 2 is 1.92 bits per heavy atom. The molecule has 0 radical (unpaired) electrons. The van der Waals surface area contributed by atoms with Gasteiger partial charge in [0.1, 0.15) is 11.2 Å². The minimum Gasteiger partial charge on any atom is -0.368 e. The molecule has 1 heterocycles. The van der Waals surface area contributed by atoms with Crippen molar-refractivity contribution in [2.45, 2.75) is 32.7 Å². The van der Waals surface area contributed by atoms with Crippen LogP contribution in [0.5, 0.6) is 0 Å². The van der Waals surface area contributed by atoms with E-state index in [0.717, 1.165) is 10.9 Å². The standard InChI is InChI=1S/C18H24N4O3/c1-11(2)9-18(3,17(25)20-10-15(19)23)22-16(24)14-8-12-6-4-5-7-13(12)21-14/h4-8,11,21H,9-10H2,1-3H3,(H2,19,23)(H,20,25)(H,22,24)/t18-/m0/s1. The first kappa shape index (κ1) is 18.5. The summed E-state index contributed by atoms with van der Waals surface area (Å²) in [6.45, 7) is 5.28. The molecule has 0 aliphatic heterocycles. The number of aromatic nitrogens is 1. The molecule has 0 fully saturated rings. The number of carbonyl (C=O) groups excluding carboxylic acids is 3. The summed E-state index contributed by atoms with van der Waals surface area (Å²) in [5.41, 5.74) is 5.14. The van der Waals surface area contributed by atoms with Gasteiger partial charge in [0, 0.05) is 10.9 Å². The van der Waals surface area contributed by atoms with E-state index in [9.17, 15) is 14.4 Å². The van der Waals surface area contributed by atoms with Gasteiger partial charge >= 0.3 is 0 Å². The van der Waals surface area contributed by atoms with Crippen LogP contribution in [0, 0.1) is 5.92 Å². The molecular formula is C18H24N4O3. The summed E-state index contributed by atoms with van der Waals surface area (Å²) in [4.78, 5) is 39.1. The second kappa shape index (κ2) is 7.38. The van der Waals surface area contributed by atoms with Crippen LogP contribution in [-0.2, 0) is 9.59 Å². The Morgan fingerprint density at radius 1 is 1.24 bits per heavy atom. The van der Waals surface area contributed by atoms with Gasteiger partial charge in [-0.3, -0.25) is 14.4 Å². The van der Waals surface area contributed by atoms with Crippen molar-refractivity contribution in [1.29, 1.82) is 0 Å². The number of hydrogen-bond acceptors (Lipinski definition) is 3. The van der Waals surface area contributed by atoms with Gasteiger partial charge in [-0.2, -0.15) is 0 Å². The van der Waals surface area contributed by atoms with Gasteiger partial charge < -0.3 is 21.4 Å². The number of benzene rings is 1. The van der Waals surface area contributed by atoms with Gasteiger partial charge in [-0.05, 0) is 31.4 Å². The number of carbonyl (C=O) groups is 3. The Morgan fingerprint density at radius 3 is 2.52 bits per heavy atom. The topological polar surface area (TPSA) is 117 Å². The zero-order chi connectivity index (χ0) is 18.6. The molecule has 0 saturated carbocycles. The second-order valence-electron chi connectivity index (χ2n) is 6.80. The molecule has 7 nitrogen and oxygen atoms in total. The number of fused-ring (bicyclic) bond motifs is 1. The van der Waals surface area contributed by atoms with E-state index in [0.29, 0.717) is 12.1 Å². The van der Waals surface area contributed by atoms with Crippen LogP contribution < -0.4 is 16.4 Å². The van der Waals surface area contributed by atoms with E-state index >= 15 is 0 Å². The molecule has 134 valence electrons. The van der Waals surface area contributed by atoms with E-state index in [4.69, 9.17) is 5.73 Å². The quantitative estimate of drug-likeness (QED) is 0.606. The van der Waals surface area contributed by atoms with E-state index < -0.39 is 17.4 Å². The number of nitrogens with two attached hydrogens (primary N) is 1. The van der Waals surface area contributed by atoms with Gasteiger partial charge in [-0.1, -0.05) is 32.0 Å². The Bertz CT molecular complexity index is 763. The maximum atomic E-state index is 12.6. The number of primary amides is 1. The summed E-state index contributed by atoms with van der Waals surface area (Å²) in [5.74, 6) is -1.30. The molecule has 0 saturated heterocycles. The van der Waals surface area contributed by atoms with E-state index in [-0.39, 0.29) is 18.4 Å². The summed E-state index contributed by atoms with van der Waals surface area (Å²) in [6.07, 6.45) is 0.420. The Balaban J connectivity index is 2.21. The SMILES string of the molecule is CC(C)C[C@](C)(NC(=O)c1cc2ccccc2[nH]1)C(=O)NCC(N)=O. The smallest absolute Gasteiger partial charge is 0.268 e. The molecule has 2 rings (SSSR count). The van der Waals surface area contributed by atoms with Crippen LogP contribution >= 0.6 is 0 Å². The Kier molecular flexibility index (Phi) is 5.46. The fourth-order valence-electron chi connectivity index (χ4n) is 2.89. The molecule has 25 heavy (non-hydrogen) atoms. The lowest BCUT2D eigenvalue weighted by molar-refractivity contribution is -0.129. The number of nitrogens with one attached hydrogen (secondary N) is 3. The maximum absolute atomic E-state index is 12.6. The average Bonchev–Trinajstić information content (AvgIpc) is 2.95. The van der Waals surface area contributed by atoms with Gasteiger partial charge in [-0.25, -0.2) is 0 Å². The highest BCUT2D eigenvalue weighted by atomic mass is 16.2. The van der Waals surface area contributed by atoms with Crippen LogP contribution in [0.3, 0.4) is 0 Å². The number of hydrogen-bond donors (Lipinski definition) is 4. The normalized spacial score (nSPS) is 13.4. The Labute approximate surface area is 146 Å². The summed E-state index contributed by atoms with van der Waals surface area (Å²) in [5, 5.41) is 6.18. The summed E-state index contributed by atoms with van der Waals surface area (Å²) < 4.78 is 0. The highest BCUT2D eigenvalue weighted by molar-refractivity contribution is 6.01. The van der Waals surface area contributed by atoms with Crippen LogP contribution in [0.25, 0.3) is 10.9 Å². The third-order valence-corrected chi connectivity index (χ3v) is 3.90. The monoisotopic (exact) mass is 344 g/mol. The van der Waals surface area contributed by atoms with Crippen LogP contribution in [0.1, 0.15) is 37.7 Å². The fraction of sp³-hybridized carbons (Fsp3) is 0.389. The van der Waals surface area contributed by atoms with E-state index in [1.807, 2.05) is 38.1 Å². The maximum Gasteiger partial charge on any atom is 0.268 e. The molecule has 1 atom stereocenters. The number of rotatable bonds is 7. The number of H-pyrrole nitrogens is 1. The molecule has 0 spiro atoms. The van der Waals surface area contributed by atoms with Gasteiger partial charge in [0.2, 0.25) is 11.8 Å². The van der Waals surface area contributed by atoms with Crippen molar-refractivity contribution in [1.82, 2.24) is 15.6 Å². The molecule has 0 aliphatic rings. The fourth-order valence-corrected chi connectivity index (χ4v) is 2.89. The van der Waals surface area contributed by atoms with Crippen LogP contribution in [-0.4, -0.2) is 34.8 Å². The number of amides is 3. The summed E-state index contributed by atoms with van der Waals surface area (Å²) in [6, 6.07) is 9.27. The van der Waals surface area contributed by atoms with Gasteiger partial charge in [0.05, 0.1) is 6.54 Å². The zero-order valence-electron chi connectivity index (χ0n) is 14.7. The van der Waals surface area contributed by atoms with Crippen molar-refractivity contribution in [3.8, 4) is 0 Å². The van der Waals surface area contributed by atoms with Crippen LogP contribution in [0.2, 0.25) is 0 Å². The minimum absolute atomic E-state index is 0.160. The molecule has 0 aliphatic carbocycles. The lowest BCUT2D eigenvalue weighted by Gasteiger charge is -2.30. The number of aromatic amines is 1. The first-order chi connectivity index (χ1) is 11.7. The summed E-state index contributed by atoms with van der Waals surface area (Å²) in [7, 11) is 0. The van der Waals surface area contributed by atoms with Gasteiger partial charge in [-0.15, -0.1) is 0 Å². The Hall–Kier alpha value is -2.83. The van der Waals surface area contributed by atoms with Gasteiger partial charge in [0.15, 0.2) is 0 Å².